The molecule has 2 N–H and O–H groups in total. The molecule has 5 atom stereocenters. The largest absolute Gasteiger partial charge is 0.695 e. The first kappa shape index (κ1) is 15.5. The molecule has 12 heteroatoms. The van der Waals surface area contributed by atoms with Crippen molar-refractivity contribution in [2.75, 3.05) is 6.61 Å². The van der Waals surface area contributed by atoms with Crippen molar-refractivity contribution in [2.24, 2.45) is 0 Å². The summed E-state index contributed by atoms with van der Waals surface area (Å²) in [6.07, 6.45) is 0.703. The number of imidazole rings is 2. The van der Waals surface area contributed by atoms with E-state index in [0.29, 0.717) is 16.8 Å². The molecule has 1 unspecified atom stereocenters. The van der Waals surface area contributed by atoms with E-state index in [4.69, 9.17) is 9.63 Å². The van der Waals surface area contributed by atoms with E-state index in [1.54, 1.807) is 16.8 Å². The highest BCUT2D eigenvalue weighted by molar-refractivity contribution is 7.32. The van der Waals surface area contributed by atoms with E-state index in [9.17, 15) is 14.1 Å². The molecule has 3 aromatic heterocycles. The van der Waals surface area contributed by atoms with Gasteiger partial charge < -0.3 is 9.84 Å². The zero-order valence-electron chi connectivity index (χ0n) is 12.0. The van der Waals surface area contributed by atoms with Crippen LogP contribution in [0.5, 0.6) is 0 Å². The Labute approximate surface area is 134 Å². The van der Waals surface area contributed by atoms with E-state index >= 15 is 0 Å². The molecule has 126 valence electrons. The Morgan fingerprint density at radius 1 is 1.33 bits per heavy atom. The first-order valence-corrected chi connectivity index (χ1v) is 8.10. The molecule has 3 aromatic rings. The molecule has 0 saturated carbocycles. The standard InChI is InChI=1S/C12H11FN5O5P/c13-7-9(23-24(20)21)6(3-19)22-12(7)18-5-15-8-10-14-1-2-17(10)4-16-11(8)18/h1-2,4-7,9,12,19H,3H2/p+1/t6-,7-,9-,12-/m1/s1. The van der Waals surface area contributed by atoms with E-state index in [2.05, 4.69) is 19.5 Å². The van der Waals surface area contributed by atoms with Crippen molar-refractivity contribution in [2.45, 2.75) is 24.6 Å². The van der Waals surface area contributed by atoms with Crippen LogP contribution >= 0.6 is 8.25 Å². The Kier molecular flexibility index (Phi) is 3.74. The number of ether oxygens (including phenoxy) is 1. The van der Waals surface area contributed by atoms with Crippen molar-refractivity contribution in [3.05, 3.63) is 25.0 Å². The Balaban J connectivity index is 1.75. The number of nitrogens with zero attached hydrogens (tertiary/aromatic N) is 5. The van der Waals surface area contributed by atoms with E-state index in [0.717, 1.165) is 0 Å². The maximum atomic E-state index is 14.7. The van der Waals surface area contributed by atoms with Crippen LogP contribution < -0.4 is 0 Å². The van der Waals surface area contributed by atoms with Crippen LogP contribution in [0.25, 0.3) is 16.8 Å². The molecule has 1 fully saturated rings. The maximum Gasteiger partial charge on any atom is 0.695 e. The van der Waals surface area contributed by atoms with Crippen molar-refractivity contribution in [3.63, 3.8) is 0 Å². The van der Waals surface area contributed by atoms with Gasteiger partial charge in [-0.3, -0.25) is 8.97 Å². The smallest absolute Gasteiger partial charge is 0.394 e. The predicted octanol–water partition coefficient (Wildman–Crippen LogP) is 0.342. The third kappa shape index (κ3) is 2.29. The Morgan fingerprint density at radius 3 is 2.92 bits per heavy atom. The van der Waals surface area contributed by atoms with Crippen LogP contribution in [0.1, 0.15) is 6.23 Å². The summed E-state index contributed by atoms with van der Waals surface area (Å²) in [5, 5.41) is 9.31. The second-order valence-corrected chi connectivity index (χ2v) is 5.91. The highest BCUT2D eigenvalue weighted by atomic mass is 31.1. The van der Waals surface area contributed by atoms with Gasteiger partial charge in [-0.25, -0.2) is 19.3 Å². The van der Waals surface area contributed by atoms with Crippen LogP contribution in [0, 0.1) is 0 Å². The quantitative estimate of drug-likeness (QED) is 0.642. The van der Waals surface area contributed by atoms with E-state index < -0.39 is 39.5 Å². The van der Waals surface area contributed by atoms with Gasteiger partial charge in [0.1, 0.15) is 12.4 Å². The average molecular weight is 356 g/mol. The number of aromatic nitrogens is 5. The summed E-state index contributed by atoms with van der Waals surface area (Å²) < 4.78 is 38.7. The average Bonchev–Trinajstić information content (AvgIpc) is 3.24. The van der Waals surface area contributed by atoms with Crippen molar-refractivity contribution >= 4 is 25.1 Å². The second-order valence-electron chi connectivity index (χ2n) is 5.23. The lowest BCUT2D eigenvalue weighted by atomic mass is 10.1. The van der Waals surface area contributed by atoms with Gasteiger partial charge in [0.25, 0.3) is 0 Å². The van der Waals surface area contributed by atoms with Crippen LogP contribution in [0.3, 0.4) is 0 Å². The SMILES string of the molecule is O=[P+](O)O[C@H]1[C@@H](F)[C@H](n2cnc3c2ncn2ccnc32)O[C@@H]1CO. The molecule has 1 aliphatic heterocycles. The van der Waals surface area contributed by atoms with E-state index in [1.807, 2.05) is 0 Å². The van der Waals surface area contributed by atoms with E-state index in [-0.39, 0.29) is 0 Å². The van der Waals surface area contributed by atoms with E-state index in [1.165, 1.54) is 17.2 Å². The summed E-state index contributed by atoms with van der Waals surface area (Å²) in [5.74, 6) is 0. The molecule has 4 rings (SSSR count). The number of aliphatic hydroxyl groups excluding tert-OH is 1. The highest BCUT2D eigenvalue weighted by Gasteiger charge is 2.51. The van der Waals surface area contributed by atoms with Gasteiger partial charge in [0.2, 0.25) is 0 Å². The number of fused-ring (bicyclic) bond motifs is 3. The minimum atomic E-state index is -3.03. The zero-order valence-corrected chi connectivity index (χ0v) is 12.9. The molecular formula is C12H12FN5O5P+. The molecule has 0 bridgehead atoms. The third-order valence-corrected chi connectivity index (χ3v) is 4.31. The Hall–Kier alpha value is -2.04. The first-order valence-electron chi connectivity index (χ1n) is 6.97. The number of halogens is 1. The molecule has 24 heavy (non-hydrogen) atoms. The fourth-order valence-electron chi connectivity index (χ4n) is 2.83. The minimum absolute atomic E-state index is 0.340. The number of aliphatic hydroxyl groups is 1. The molecule has 0 aromatic carbocycles. The lowest BCUT2D eigenvalue weighted by Gasteiger charge is -2.14. The summed E-state index contributed by atoms with van der Waals surface area (Å²) in [7, 11) is -3.03. The second kappa shape index (κ2) is 5.80. The minimum Gasteiger partial charge on any atom is -0.394 e. The van der Waals surface area contributed by atoms with Gasteiger partial charge in [-0.15, -0.1) is 9.42 Å². The fraction of sp³-hybridized carbons (Fsp3) is 0.417. The summed E-state index contributed by atoms with van der Waals surface area (Å²) >= 11 is 0. The lowest BCUT2D eigenvalue weighted by Crippen LogP contribution is -2.32. The molecule has 0 radical (unpaired) electrons. The predicted molar refractivity (Wildman–Crippen MR) is 76.9 cm³/mol. The number of alkyl halides is 1. The summed E-state index contributed by atoms with van der Waals surface area (Å²) in [6, 6.07) is 0. The molecular weight excluding hydrogens is 344 g/mol. The summed E-state index contributed by atoms with van der Waals surface area (Å²) in [5.41, 5.74) is 1.35. The molecule has 4 heterocycles. The highest BCUT2D eigenvalue weighted by Crippen LogP contribution is 2.38. The fourth-order valence-corrected chi connectivity index (χ4v) is 3.29. The molecule has 0 amide bonds. The Morgan fingerprint density at radius 2 is 2.17 bits per heavy atom. The topological polar surface area (TPSA) is 124 Å². The summed E-state index contributed by atoms with van der Waals surface area (Å²) in [6.45, 7) is -0.560. The van der Waals surface area contributed by atoms with Gasteiger partial charge >= 0.3 is 8.25 Å². The third-order valence-electron chi connectivity index (χ3n) is 3.89. The molecule has 10 nitrogen and oxygen atoms in total. The van der Waals surface area contributed by atoms with Gasteiger partial charge in [-0.1, -0.05) is 0 Å². The van der Waals surface area contributed by atoms with Gasteiger partial charge in [0.15, 0.2) is 35.3 Å². The van der Waals surface area contributed by atoms with Crippen LogP contribution in [0.2, 0.25) is 0 Å². The van der Waals surface area contributed by atoms with Crippen molar-refractivity contribution in [1.29, 1.82) is 0 Å². The number of hydrogen-bond donors (Lipinski definition) is 2. The van der Waals surface area contributed by atoms with Crippen LogP contribution in [-0.4, -0.2) is 58.9 Å². The number of rotatable bonds is 4. The zero-order chi connectivity index (χ0) is 16.8. The van der Waals surface area contributed by atoms with Crippen molar-refractivity contribution in [3.8, 4) is 0 Å². The first-order chi connectivity index (χ1) is 11.6. The lowest BCUT2D eigenvalue weighted by molar-refractivity contribution is -0.0436. The van der Waals surface area contributed by atoms with Crippen molar-refractivity contribution in [1.82, 2.24) is 23.9 Å². The molecule has 1 saturated heterocycles. The van der Waals surface area contributed by atoms with Gasteiger partial charge in [-0.05, 0) is 0 Å². The molecule has 0 spiro atoms. The molecule has 1 aliphatic rings. The van der Waals surface area contributed by atoms with Crippen LogP contribution in [0.15, 0.2) is 25.0 Å². The maximum absolute atomic E-state index is 14.7. The van der Waals surface area contributed by atoms with Gasteiger partial charge in [-0.2, -0.15) is 0 Å². The molecule has 0 aliphatic carbocycles. The van der Waals surface area contributed by atoms with Crippen molar-refractivity contribution < 1.29 is 28.2 Å². The monoisotopic (exact) mass is 356 g/mol. The number of hydrogen-bond acceptors (Lipinski definition) is 7. The van der Waals surface area contributed by atoms with Crippen LogP contribution in [0.4, 0.5) is 4.39 Å². The van der Waals surface area contributed by atoms with Gasteiger partial charge in [0, 0.05) is 17.0 Å². The normalized spacial score (nSPS) is 28.0. The summed E-state index contributed by atoms with van der Waals surface area (Å²) in [4.78, 5) is 21.5. The Bertz CT molecular complexity index is 916. The van der Waals surface area contributed by atoms with Crippen LogP contribution in [-0.2, 0) is 13.8 Å². The van der Waals surface area contributed by atoms with Gasteiger partial charge in [0.05, 0.1) is 12.9 Å².